The van der Waals surface area contributed by atoms with Crippen molar-refractivity contribution in [2.24, 2.45) is 5.92 Å². The van der Waals surface area contributed by atoms with Crippen LogP contribution in [0.5, 0.6) is 0 Å². The Bertz CT molecular complexity index is 191. The molecule has 13 heavy (non-hydrogen) atoms. The number of allylic oxidation sites excluding steroid dienone is 1. The SMILES string of the molecule is CCCCC(CC)C[Si]1=CCC=C1. The second kappa shape index (κ2) is 6.31. The summed E-state index contributed by atoms with van der Waals surface area (Å²) in [6.07, 6.45) is 9.23. The predicted molar refractivity (Wildman–Crippen MR) is 63.7 cm³/mol. The zero-order valence-electron chi connectivity index (χ0n) is 9.05. The molecule has 0 amide bonds. The van der Waals surface area contributed by atoms with Crippen molar-refractivity contribution in [3.8, 4) is 0 Å². The average molecular weight is 194 g/mol. The van der Waals surface area contributed by atoms with Crippen LogP contribution in [0.1, 0.15) is 46.0 Å². The van der Waals surface area contributed by atoms with Crippen LogP contribution >= 0.6 is 0 Å². The highest BCUT2D eigenvalue weighted by molar-refractivity contribution is 6.72. The van der Waals surface area contributed by atoms with Crippen LogP contribution in [-0.4, -0.2) is 14.1 Å². The van der Waals surface area contributed by atoms with Gasteiger partial charge in [-0.15, -0.1) is 0 Å². The molecule has 1 aliphatic rings. The van der Waals surface area contributed by atoms with Crippen LogP contribution in [-0.2, 0) is 0 Å². The molecule has 0 aromatic heterocycles. The molecule has 0 fully saturated rings. The first kappa shape index (κ1) is 10.9. The van der Waals surface area contributed by atoms with Gasteiger partial charge in [0.25, 0.3) is 0 Å². The molecule has 1 rings (SSSR count). The van der Waals surface area contributed by atoms with Gasteiger partial charge in [0.1, 0.15) is 0 Å². The van der Waals surface area contributed by atoms with Crippen molar-refractivity contribution in [1.82, 2.24) is 0 Å². The third kappa shape index (κ3) is 4.03. The molecule has 0 aromatic rings. The van der Waals surface area contributed by atoms with Gasteiger partial charge < -0.3 is 0 Å². The molecule has 1 unspecified atom stereocenters. The highest BCUT2D eigenvalue weighted by atomic mass is 28.2. The molecule has 0 aliphatic carbocycles. The Labute approximate surface area is 84.3 Å². The lowest BCUT2D eigenvalue weighted by Gasteiger charge is -2.13. The van der Waals surface area contributed by atoms with Crippen molar-refractivity contribution in [2.75, 3.05) is 0 Å². The van der Waals surface area contributed by atoms with E-state index in [1.807, 2.05) is 0 Å². The van der Waals surface area contributed by atoms with Crippen molar-refractivity contribution >= 4 is 14.1 Å². The number of hydrogen-bond acceptors (Lipinski definition) is 0. The lowest BCUT2D eigenvalue weighted by Crippen LogP contribution is -2.07. The molecular formula is C12H22Si. The summed E-state index contributed by atoms with van der Waals surface area (Å²) in [6, 6.07) is 1.50. The predicted octanol–water partition coefficient (Wildman–Crippen LogP) is 3.58. The Morgan fingerprint density at radius 1 is 1.38 bits per heavy atom. The van der Waals surface area contributed by atoms with Crippen molar-refractivity contribution in [3.63, 3.8) is 0 Å². The van der Waals surface area contributed by atoms with Crippen LogP contribution in [0.4, 0.5) is 0 Å². The lowest BCUT2D eigenvalue weighted by molar-refractivity contribution is 0.490. The van der Waals surface area contributed by atoms with Gasteiger partial charge in [-0.25, -0.2) is 0 Å². The molecule has 0 N–H and O–H groups in total. The summed E-state index contributed by atoms with van der Waals surface area (Å²) in [4.78, 5) is 0. The maximum absolute atomic E-state index is 2.55. The second-order valence-electron chi connectivity index (χ2n) is 4.04. The Morgan fingerprint density at radius 2 is 2.23 bits per heavy atom. The monoisotopic (exact) mass is 194 g/mol. The molecular weight excluding hydrogens is 172 g/mol. The third-order valence-corrected chi connectivity index (χ3v) is 5.39. The minimum atomic E-state index is -0.159. The Hall–Kier alpha value is -0.173. The quantitative estimate of drug-likeness (QED) is 0.567. The fraction of sp³-hybridized carbons (Fsp3) is 0.750. The molecule has 0 aromatic carbocycles. The standard InChI is InChI=1S/C12H22Si/c1-3-5-8-12(4-2)11-13-9-6-7-10-13/h6,9-10,12H,3-5,7-8,11H2,1-2H3. The lowest BCUT2D eigenvalue weighted by atomic mass is 10.0. The minimum absolute atomic E-state index is 0.159. The molecule has 0 radical (unpaired) electrons. The van der Waals surface area contributed by atoms with Crippen LogP contribution in [0, 0.1) is 5.92 Å². The Morgan fingerprint density at radius 3 is 2.77 bits per heavy atom. The smallest absolute Gasteiger partial charge is 0.0330 e. The number of hydrogen-bond donors (Lipinski definition) is 0. The van der Waals surface area contributed by atoms with Crippen molar-refractivity contribution in [2.45, 2.75) is 52.0 Å². The van der Waals surface area contributed by atoms with Crippen LogP contribution in [0.2, 0.25) is 6.04 Å². The highest BCUT2D eigenvalue weighted by Crippen LogP contribution is 2.18. The maximum atomic E-state index is 2.55. The first-order chi connectivity index (χ1) is 6.36. The fourth-order valence-electron chi connectivity index (χ4n) is 1.93. The topological polar surface area (TPSA) is 0 Å². The van der Waals surface area contributed by atoms with Crippen LogP contribution < -0.4 is 0 Å². The molecule has 1 heterocycles. The van der Waals surface area contributed by atoms with E-state index in [9.17, 15) is 0 Å². The van der Waals surface area contributed by atoms with Crippen LogP contribution in [0.3, 0.4) is 0 Å². The van der Waals surface area contributed by atoms with E-state index in [-0.39, 0.29) is 8.41 Å². The molecule has 1 heteroatoms. The van der Waals surface area contributed by atoms with Gasteiger partial charge >= 0.3 is 0 Å². The second-order valence-corrected chi connectivity index (χ2v) is 6.34. The van der Waals surface area contributed by atoms with Crippen LogP contribution in [0.25, 0.3) is 0 Å². The van der Waals surface area contributed by atoms with Crippen molar-refractivity contribution in [3.05, 3.63) is 11.8 Å². The third-order valence-electron chi connectivity index (χ3n) is 2.92. The first-order valence-electron chi connectivity index (χ1n) is 5.72. The van der Waals surface area contributed by atoms with Crippen molar-refractivity contribution in [1.29, 1.82) is 0 Å². The van der Waals surface area contributed by atoms with E-state index in [4.69, 9.17) is 0 Å². The van der Waals surface area contributed by atoms with E-state index < -0.39 is 0 Å². The molecule has 74 valence electrons. The molecule has 0 saturated heterocycles. The minimum Gasteiger partial charge on any atom is -0.0962 e. The van der Waals surface area contributed by atoms with Gasteiger partial charge in [-0.2, -0.15) is 0 Å². The van der Waals surface area contributed by atoms with Gasteiger partial charge in [0.15, 0.2) is 0 Å². The fourth-order valence-corrected chi connectivity index (χ4v) is 4.41. The first-order valence-corrected chi connectivity index (χ1v) is 7.58. The zero-order chi connectivity index (χ0) is 9.52. The van der Waals surface area contributed by atoms with E-state index in [1.165, 1.54) is 38.1 Å². The molecule has 1 atom stereocenters. The van der Waals surface area contributed by atoms with E-state index in [2.05, 4.69) is 31.3 Å². The molecule has 1 aliphatic heterocycles. The van der Waals surface area contributed by atoms with Gasteiger partial charge in [0.05, 0.1) is 0 Å². The Balaban J connectivity index is 2.26. The maximum Gasteiger partial charge on any atom is 0.0330 e. The number of rotatable bonds is 6. The molecule has 0 spiro atoms. The molecule has 0 saturated carbocycles. The van der Waals surface area contributed by atoms with Crippen molar-refractivity contribution < 1.29 is 0 Å². The van der Waals surface area contributed by atoms with E-state index in [0.717, 1.165) is 5.92 Å². The van der Waals surface area contributed by atoms with E-state index in [0.29, 0.717) is 0 Å². The summed E-state index contributed by atoms with van der Waals surface area (Å²) in [5, 5.41) is 0. The average Bonchev–Trinajstić information content (AvgIpc) is 2.64. The van der Waals surface area contributed by atoms with Gasteiger partial charge in [0, 0.05) is 8.41 Å². The summed E-state index contributed by atoms with van der Waals surface area (Å²) >= 11 is 0. The summed E-state index contributed by atoms with van der Waals surface area (Å²) in [6.45, 7) is 4.64. The summed E-state index contributed by atoms with van der Waals surface area (Å²) < 4.78 is 0. The van der Waals surface area contributed by atoms with Gasteiger partial charge in [-0.05, 0) is 18.4 Å². The van der Waals surface area contributed by atoms with E-state index in [1.54, 1.807) is 0 Å². The zero-order valence-corrected chi connectivity index (χ0v) is 10.1. The Kier molecular flexibility index (Phi) is 5.29. The van der Waals surface area contributed by atoms with Gasteiger partial charge in [-0.3, -0.25) is 0 Å². The summed E-state index contributed by atoms with van der Waals surface area (Å²) in [7, 11) is -0.159. The van der Waals surface area contributed by atoms with Gasteiger partial charge in [-0.1, -0.05) is 57.0 Å². The largest absolute Gasteiger partial charge is 0.0962 e. The summed E-state index contributed by atoms with van der Waals surface area (Å²) in [5.41, 5.74) is 5.04. The normalized spacial score (nSPS) is 17.5. The molecule has 0 nitrogen and oxygen atoms in total. The highest BCUT2D eigenvalue weighted by Gasteiger charge is 2.09. The number of unbranched alkanes of at least 4 members (excludes halogenated alkanes) is 1. The van der Waals surface area contributed by atoms with E-state index >= 15 is 0 Å². The summed E-state index contributed by atoms with van der Waals surface area (Å²) in [5.74, 6) is 1.01. The molecule has 0 bridgehead atoms. The van der Waals surface area contributed by atoms with Crippen LogP contribution in [0.15, 0.2) is 11.8 Å². The van der Waals surface area contributed by atoms with Gasteiger partial charge in [0.2, 0.25) is 0 Å².